The van der Waals surface area contributed by atoms with Crippen molar-refractivity contribution in [2.24, 2.45) is 0 Å². The van der Waals surface area contributed by atoms with Crippen LogP contribution in [0.1, 0.15) is 29.5 Å². The van der Waals surface area contributed by atoms with Gasteiger partial charge in [0.15, 0.2) is 0 Å². The van der Waals surface area contributed by atoms with E-state index in [-0.39, 0.29) is 5.97 Å². The zero-order valence-electron chi connectivity index (χ0n) is 11.4. The number of ether oxygens (including phenoxy) is 1. The summed E-state index contributed by atoms with van der Waals surface area (Å²) in [5, 5.41) is 3.31. The van der Waals surface area contributed by atoms with E-state index >= 15 is 0 Å². The van der Waals surface area contributed by atoms with Crippen LogP contribution in [0.25, 0.3) is 0 Å². The number of nitrogens with one attached hydrogen (secondary N) is 1. The van der Waals surface area contributed by atoms with Crippen LogP contribution in [0.4, 0.5) is 0 Å². The number of carbonyl (C=O) groups excluding carboxylic acids is 1. The van der Waals surface area contributed by atoms with E-state index in [0.717, 1.165) is 31.5 Å². The standard InChI is InChI=1S/C15H21NO2/c1-11-4-5-12(2)13(10-11)15(14(17)18-3)6-8-16-9-7-15/h4-5,10,16H,6-9H2,1-3H3. The number of rotatable bonds is 2. The molecule has 3 nitrogen and oxygen atoms in total. The molecule has 1 heterocycles. The average Bonchev–Trinajstić information content (AvgIpc) is 2.41. The summed E-state index contributed by atoms with van der Waals surface area (Å²) < 4.78 is 5.08. The molecule has 18 heavy (non-hydrogen) atoms. The van der Waals surface area contributed by atoms with Crippen molar-refractivity contribution in [2.75, 3.05) is 20.2 Å². The van der Waals surface area contributed by atoms with Crippen molar-refractivity contribution in [2.45, 2.75) is 32.1 Å². The zero-order chi connectivity index (χ0) is 13.2. The lowest BCUT2D eigenvalue weighted by atomic mass is 9.71. The molecule has 0 unspecified atom stereocenters. The molecule has 0 saturated carbocycles. The fourth-order valence-corrected chi connectivity index (χ4v) is 2.88. The molecule has 0 spiro atoms. The van der Waals surface area contributed by atoms with Crippen LogP contribution in [0.5, 0.6) is 0 Å². The number of hydrogen-bond acceptors (Lipinski definition) is 3. The third-order valence-corrected chi connectivity index (χ3v) is 3.94. The van der Waals surface area contributed by atoms with Crippen LogP contribution >= 0.6 is 0 Å². The Labute approximate surface area is 109 Å². The van der Waals surface area contributed by atoms with E-state index in [1.54, 1.807) is 0 Å². The van der Waals surface area contributed by atoms with Crippen LogP contribution in [0.2, 0.25) is 0 Å². The number of piperidine rings is 1. The molecule has 3 heteroatoms. The summed E-state index contributed by atoms with van der Waals surface area (Å²) in [4.78, 5) is 12.3. The van der Waals surface area contributed by atoms with Crippen LogP contribution in [0, 0.1) is 13.8 Å². The fourth-order valence-electron chi connectivity index (χ4n) is 2.88. The number of benzene rings is 1. The molecule has 0 radical (unpaired) electrons. The SMILES string of the molecule is COC(=O)C1(c2cc(C)ccc2C)CCNCC1. The molecule has 1 aromatic rings. The second-order valence-corrected chi connectivity index (χ2v) is 5.14. The van der Waals surface area contributed by atoms with Gasteiger partial charge in [-0.1, -0.05) is 23.8 Å². The fraction of sp³-hybridized carbons (Fsp3) is 0.533. The Morgan fingerprint density at radius 2 is 1.94 bits per heavy atom. The van der Waals surface area contributed by atoms with Crippen LogP contribution < -0.4 is 5.32 Å². The van der Waals surface area contributed by atoms with Crippen molar-refractivity contribution in [3.05, 3.63) is 34.9 Å². The van der Waals surface area contributed by atoms with Crippen molar-refractivity contribution in [3.63, 3.8) is 0 Å². The summed E-state index contributed by atoms with van der Waals surface area (Å²) >= 11 is 0. The maximum atomic E-state index is 12.3. The highest BCUT2D eigenvalue weighted by Crippen LogP contribution is 2.37. The molecular weight excluding hydrogens is 226 g/mol. The Balaban J connectivity index is 2.51. The first-order valence-corrected chi connectivity index (χ1v) is 6.47. The summed E-state index contributed by atoms with van der Waals surface area (Å²) in [5.41, 5.74) is 3.04. The topological polar surface area (TPSA) is 38.3 Å². The van der Waals surface area contributed by atoms with Gasteiger partial charge in [-0.2, -0.15) is 0 Å². The predicted molar refractivity (Wildman–Crippen MR) is 71.7 cm³/mol. The molecule has 1 aromatic carbocycles. The second-order valence-electron chi connectivity index (χ2n) is 5.14. The predicted octanol–water partition coefficient (Wildman–Crippen LogP) is 2.10. The zero-order valence-corrected chi connectivity index (χ0v) is 11.4. The Morgan fingerprint density at radius 3 is 2.56 bits per heavy atom. The van der Waals surface area contributed by atoms with Crippen molar-refractivity contribution < 1.29 is 9.53 Å². The van der Waals surface area contributed by atoms with Gasteiger partial charge in [-0.15, -0.1) is 0 Å². The minimum atomic E-state index is -0.462. The van der Waals surface area contributed by atoms with E-state index in [0.29, 0.717) is 0 Å². The Bertz CT molecular complexity index is 448. The van der Waals surface area contributed by atoms with E-state index < -0.39 is 5.41 Å². The number of carbonyl (C=O) groups is 1. The molecule has 0 atom stereocenters. The highest BCUT2D eigenvalue weighted by Gasteiger charge is 2.43. The normalized spacial score (nSPS) is 18.4. The van der Waals surface area contributed by atoms with Crippen LogP contribution in [0.15, 0.2) is 18.2 Å². The maximum absolute atomic E-state index is 12.3. The number of aryl methyl sites for hydroxylation is 2. The minimum absolute atomic E-state index is 0.0994. The van der Waals surface area contributed by atoms with E-state index in [2.05, 4.69) is 37.4 Å². The Hall–Kier alpha value is -1.35. The Morgan fingerprint density at radius 1 is 1.28 bits per heavy atom. The monoisotopic (exact) mass is 247 g/mol. The van der Waals surface area contributed by atoms with E-state index in [4.69, 9.17) is 4.74 Å². The van der Waals surface area contributed by atoms with Crippen LogP contribution in [-0.2, 0) is 14.9 Å². The largest absolute Gasteiger partial charge is 0.468 e. The van der Waals surface area contributed by atoms with Gasteiger partial charge in [-0.25, -0.2) is 0 Å². The van der Waals surface area contributed by atoms with Crippen molar-refractivity contribution >= 4 is 5.97 Å². The van der Waals surface area contributed by atoms with E-state index in [9.17, 15) is 4.79 Å². The van der Waals surface area contributed by atoms with Gasteiger partial charge < -0.3 is 10.1 Å². The van der Waals surface area contributed by atoms with Gasteiger partial charge in [0.25, 0.3) is 0 Å². The summed E-state index contributed by atoms with van der Waals surface area (Å²) in [6.45, 7) is 5.86. The molecular formula is C15H21NO2. The van der Waals surface area contributed by atoms with Crippen molar-refractivity contribution in [1.82, 2.24) is 5.32 Å². The van der Waals surface area contributed by atoms with Gasteiger partial charge in [-0.05, 0) is 50.9 Å². The lowest BCUT2D eigenvalue weighted by Crippen LogP contribution is -2.46. The number of hydrogen-bond donors (Lipinski definition) is 1. The Kier molecular flexibility index (Phi) is 3.71. The second kappa shape index (κ2) is 5.11. The smallest absolute Gasteiger partial charge is 0.316 e. The van der Waals surface area contributed by atoms with Crippen molar-refractivity contribution in [3.8, 4) is 0 Å². The van der Waals surface area contributed by atoms with Crippen LogP contribution in [0.3, 0.4) is 0 Å². The lowest BCUT2D eigenvalue weighted by Gasteiger charge is -2.36. The van der Waals surface area contributed by atoms with Gasteiger partial charge in [0.1, 0.15) is 0 Å². The molecule has 0 aliphatic carbocycles. The summed E-state index contributed by atoms with van der Waals surface area (Å²) in [6, 6.07) is 6.32. The molecule has 98 valence electrons. The first-order valence-electron chi connectivity index (χ1n) is 6.47. The van der Waals surface area contributed by atoms with E-state index in [1.165, 1.54) is 18.2 Å². The quantitative estimate of drug-likeness (QED) is 0.813. The molecule has 0 amide bonds. The first-order chi connectivity index (χ1) is 8.60. The molecule has 1 aliphatic rings. The van der Waals surface area contributed by atoms with Gasteiger partial charge in [0.2, 0.25) is 0 Å². The molecule has 0 bridgehead atoms. The molecule has 1 fully saturated rings. The van der Waals surface area contributed by atoms with Gasteiger partial charge in [-0.3, -0.25) is 4.79 Å². The maximum Gasteiger partial charge on any atom is 0.316 e. The molecule has 1 N–H and O–H groups in total. The molecule has 2 rings (SSSR count). The highest BCUT2D eigenvalue weighted by atomic mass is 16.5. The van der Waals surface area contributed by atoms with Gasteiger partial charge >= 0.3 is 5.97 Å². The van der Waals surface area contributed by atoms with Crippen LogP contribution in [-0.4, -0.2) is 26.2 Å². The lowest BCUT2D eigenvalue weighted by molar-refractivity contribution is -0.148. The average molecular weight is 247 g/mol. The van der Waals surface area contributed by atoms with Crippen molar-refractivity contribution in [1.29, 1.82) is 0 Å². The minimum Gasteiger partial charge on any atom is -0.468 e. The van der Waals surface area contributed by atoms with Gasteiger partial charge in [0.05, 0.1) is 12.5 Å². The number of methoxy groups -OCH3 is 1. The molecule has 1 saturated heterocycles. The summed E-state index contributed by atoms with van der Waals surface area (Å²) in [6.07, 6.45) is 1.62. The summed E-state index contributed by atoms with van der Waals surface area (Å²) in [7, 11) is 1.48. The third-order valence-electron chi connectivity index (χ3n) is 3.94. The molecule has 0 aromatic heterocycles. The van der Waals surface area contributed by atoms with E-state index in [1.807, 2.05) is 0 Å². The number of esters is 1. The summed E-state index contributed by atoms with van der Waals surface area (Å²) in [5.74, 6) is -0.0994. The highest BCUT2D eigenvalue weighted by molar-refractivity contribution is 5.84. The van der Waals surface area contributed by atoms with Gasteiger partial charge in [0, 0.05) is 0 Å². The third kappa shape index (κ3) is 2.15. The molecule has 1 aliphatic heterocycles. The first kappa shape index (κ1) is 13.1.